The molecule has 3 heteroatoms. The van der Waals surface area contributed by atoms with E-state index in [0.717, 1.165) is 16.7 Å². The zero-order valence-electron chi connectivity index (χ0n) is 12.2. The van der Waals surface area contributed by atoms with Gasteiger partial charge in [0.15, 0.2) is 5.78 Å². The van der Waals surface area contributed by atoms with Crippen LogP contribution in [-0.4, -0.2) is 10.6 Å². The number of hydrogen-bond acceptors (Lipinski definition) is 3. The Labute approximate surface area is 139 Å². The van der Waals surface area contributed by atoms with E-state index in [9.17, 15) is 4.79 Å². The maximum Gasteiger partial charge on any atom is 0.194 e. The molecule has 0 radical (unpaired) electrons. The highest BCUT2D eigenvalue weighted by Crippen LogP contribution is 2.33. The van der Waals surface area contributed by atoms with E-state index in [0.29, 0.717) is 27.2 Å². The predicted octanol–water partition coefficient (Wildman–Crippen LogP) is 4.25. The third-order valence-electron chi connectivity index (χ3n) is 4.18. The Morgan fingerprint density at radius 3 is 2.30 bits per heavy atom. The molecule has 0 heterocycles. The number of benzene rings is 3. The molecule has 4 rings (SSSR count). The number of nitrogen functional groups attached to an aromatic ring is 1. The molecule has 0 fully saturated rings. The Kier molecular flexibility index (Phi) is 3.10. The average molecular weight is 315 g/mol. The molecule has 0 saturated carbocycles. The summed E-state index contributed by atoms with van der Waals surface area (Å²) < 4.78 is 0. The number of rotatable bonds is 1. The second kappa shape index (κ2) is 5.14. The number of ketones is 1. The monoisotopic (exact) mass is 315 g/mol. The fourth-order valence-corrected chi connectivity index (χ4v) is 3.44. The standard InChI is InChI=1S/C20H13NOS/c21-17-8-4-7-15-18(17)20(23)14-10-9-13(11-16(14)19(15)22)12-5-2-1-3-6-12/h1-11H,21H2. The van der Waals surface area contributed by atoms with Gasteiger partial charge in [-0.1, -0.05) is 66.8 Å². The normalized spacial score (nSPS) is 12.7. The lowest BCUT2D eigenvalue weighted by molar-refractivity contribution is 0.103. The van der Waals surface area contributed by atoms with Gasteiger partial charge in [-0.15, -0.1) is 0 Å². The predicted molar refractivity (Wildman–Crippen MR) is 97.0 cm³/mol. The largest absolute Gasteiger partial charge is 0.398 e. The van der Waals surface area contributed by atoms with Gasteiger partial charge in [-0.3, -0.25) is 4.79 Å². The SMILES string of the molecule is Nc1cccc2c1C(=S)c1ccc(-c3ccccc3)cc1C2=O. The highest BCUT2D eigenvalue weighted by molar-refractivity contribution is 7.81. The van der Waals surface area contributed by atoms with Crippen molar-refractivity contribution >= 4 is 28.6 Å². The Morgan fingerprint density at radius 1 is 0.739 bits per heavy atom. The molecule has 2 N–H and O–H groups in total. The first kappa shape index (κ1) is 13.9. The van der Waals surface area contributed by atoms with Gasteiger partial charge in [0.1, 0.15) is 0 Å². The van der Waals surface area contributed by atoms with Gasteiger partial charge in [-0.2, -0.15) is 0 Å². The summed E-state index contributed by atoms with van der Waals surface area (Å²) in [6.07, 6.45) is 0. The van der Waals surface area contributed by atoms with Crippen molar-refractivity contribution in [3.8, 4) is 11.1 Å². The summed E-state index contributed by atoms with van der Waals surface area (Å²) in [5, 5.41) is 0. The van der Waals surface area contributed by atoms with Crippen LogP contribution >= 0.6 is 12.2 Å². The van der Waals surface area contributed by atoms with Crippen LogP contribution in [0.4, 0.5) is 5.69 Å². The van der Waals surface area contributed by atoms with Gasteiger partial charge < -0.3 is 5.73 Å². The third-order valence-corrected chi connectivity index (χ3v) is 4.61. The Hall–Kier alpha value is -2.78. The lowest BCUT2D eigenvalue weighted by Gasteiger charge is -2.21. The molecule has 2 nitrogen and oxygen atoms in total. The first-order valence-corrected chi connectivity index (χ1v) is 7.75. The van der Waals surface area contributed by atoms with Crippen LogP contribution in [0.15, 0.2) is 66.7 Å². The zero-order chi connectivity index (χ0) is 16.0. The first-order chi connectivity index (χ1) is 11.2. The van der Waals surface area contributed by atoms with E-state index in [1.165, 1.54) is 0 Å². The first-order valence-electron chi connectivity index (χ1n) is 7.34. The molecule has 110 valence electrons. The van der Waals surface area contributed by atoms with Crippen molar-refractivity contribution in [1.29, 1.82) is 0 Å². The smallest absolute Gasteiger partial charge is 0.194 e. The van der Waals surface area contributed by atoms with E-state index >= 15 is 0 Å². The van der Waals surface area contributed by atoms with Crippen molar-refractivity contribution in [1.82, 2.24) is 0 Å². The van der Waals surface area contributed by atoms with E-state index in [2.05, 4.69) is 0 Å². The molecule has 0 unspecified atom stereocenters. The quantitative estimate of drug-likeness (QED) is 0.422. The van der Waals surface area contributed by atoms with E-state index in [-0.39, 0.29) is 5.78 Å². The van der Waals surface area contributed by atoms with Gasteiger partial charge in [-0.05, 0) is 23.3 Å². The molecular weight excluding hydrogens is 302 g/mol. The summed E-state index contributed by atoms with van der Waals surface area (Å²) in [7, 11) is 0. The van der Waals surface area contributed by atoms with E-state index in [4.69, 9.17) is 18.0 Å². The maximum absolute atomic E-state index is 12.9. The Balaban J connectivity index is 1.92. The molecule has 0 atom stereocenters. The fourth-order valence-electron chi connectivity index (χ4n) is 3.03. The fraction of sp³-hybridized carbons (Fsp3) is 0. The van der Waals surface area contributed by atoms with Gasteiger partial charge in [0.2, 0.25) is 0 Å². The molecule has 0 aromatic heterocycles. The molecular formula is C20H13NOS. The number of hydrogen-bond donors (Lipinski definition) is 1. The van der Waals surface area contributed by atoms with Gasteiger partial charge in [-0.25, -0.2) is 0 Å². The van der Waals surface area contributed by atoms with Crippen LogP contribution in [0.2, 0.25) is 0 Å². The van der Waals surface area contributed by atoms with Crippen LogP contribution in [0, 0.1) is 0 Å². The van der Waals surface area contributed by atoms with Crippen molar-refractivity contribution in [2.24, 2.45) is 0 Å². The van der Waals surface area contributed by atoms with Crippen molar-refractivity contribution in [2.45, 2.75) is 0 Å². The Bertz CT molecular complexity index is 961. The molecule has 0 aliphatic heterocycles. The number of carbonyl (C=O) groups is 1. The molecule has 0 bridgehead atoms. The lowest BCUT2D eigenvalue weighted by Crippen LogP contribution is -2.21. The maximum atomic E-state index is 12.9. The molecule has 3 aromatic carbocycles. The number of anilines is 1. The molecule has 3 aromatic rings. The third kappa shape index (κ3) is 2.09. The molecule has 1 aliphatic rings. The molecule has 23 heavy (non-hydrogen) atoms. The average Bonchev–Trinajstić information content (AvgIpc) is 2.60. The van der Waals surface area contributed by atoms with Gasteiger partial charge in [0.05, 0.1) is 4.86 Å². The summed E-state index contributed by atoms with van der Waals surface area (Å²) in [4.78, 5) is 13.5. The highest BCUT2D eigenvalue weighted by Gasteiger charge is 2.28. The second-order valence-electron chi connectivity index (χ2n) is 5.55. The molecule has 1 aliphatic carbocycles. The second-order valence-corrected chi connectivity index (χ2v) is 5.96. The molecule has 0 saturated heterocycles. The summed E-state index contributed by atoms with van der Waals surface area (Å²) in [6.45, 7) is 0. The minimum atomic E-state index is -0.0197. The number of fused-ring (bicyclic) bond motifs is 2. The van der Waals surface area contributed by atoms with Crippen LogP contribution in [0.1, 0.15) is 27.0 Å². The highest BCUT2D eigenvalue weighted by atomic mass is 32.1. The number of thiocarbonyl (C=S) groups is 1. The van der Waals surface area contributed by atoms with Crippen LogP contribution in [0.3, 0.4) is 0 Å². The van der Waals surface area contributed by atoms with Crippen LogP contribution in [0.25, 0.3) is 11.1 Å². The van der Waals surface area contributed by atoms with Gasteiger partial charge >= 0.3 is 0 Å². The van der Waals surface area contributed by atoms with Crippen molar-refractivity contribution < 1.29 is 4.79 Å². The summed E-state index contributed by atoms with van der Waals surface area (Å²) >= 11 is 5.58. The van der Waals surface area contributed by atoms with Crippen LogP contribution < -0.4 is 5.73 Å². The van der Waals surface area contributed by atoms with Gasteiger partial charge in [0.25, 0.3) is 0 Å². The van der Waals surface area contributed by atoms with Crippen LogP contribution in [0.5, 0.6) is 0 Å². The Morgan fingerprint density at radius 2 is 1.52 bits per heavy atom. The van der Waals surface area contributed by atoms with E-state index in [1.54, 1.807) is 18.2 Å². The summed E-state index contributed by atoms with van der Waals surface area (Å²) in [6, 6.07) is 21.2. The van der Waals surface area contributed by atoms with E-state index in [1.807, 2.05) is 48.5 Å². The zero-order valence-corrected chi connectivity index (χ0v) is 13.1. The molecule has 0 amide bonds. The molecule has 0 spiro atoms. The lowest BCUT2D eigenvalue weighted by atomic mass is 9.82. The van der Waals surface area contributed by atoms with Crippen molar-refractivity contribution in [3.63, 3.8) is 0 Å². The van der Waals surface area contributed by atoms with Crippen molar-refractivity contribution in [2.75, 3.05) is 5.73 Å². The topological polar surface area (TPSA) is 43.1 Å². The van der Waals surface area contributed by atoms with Gasteiger partial charge in [0, 0.05) is 27.9 Å². The summed E-state index contributed by atoms with van der Waals surface area (Å²) in [5.41, 5.74) is 11.4. The van der Waals surface area contributed by atoms with Crippen LogP contribution in [-0.2, 0) is 0 Å². The minimum absolute atomic E-state index is 0.0197. The van der Waals surface area contributed by atoms with E-state index < -0.39 is 0 Å². The minimum Gasteiger partial charge on any atom is -0.398 e. The number of carbonyl (C=O) groups excluding carboxylic acids is 1. The van der Waals surface area contributed by atoms with Crippen molar-refractivity contribution in [3.05, 3.63) is 89.0 Å². The summed E-state index contributed by atoms with van der Waals surface area (Å²) in [5.74, 6) is -0.0197. The number of nitrogens with two attached hydrogens (primary N) is 1.